The van der Waals surface area contributed by atoms with E-state index >= 15 is 0 Å². The summed E-state index contributed by atoms with van der Waals surface area (Å²) in [6, 6.07) is 0. The molecular weight excluding hydrogens is 260 g/mol. The Hall–Kier alpha value is -0.460. The lowest BCUT2D eigenvalue weighted by molar-refractivity contribution is 0.162. The van der Waals surface area contributed by atoms with Gasteiger partial charge in [-0.05, 0) is 27.2 Å². The van der Waals surface area contributed by atoms with Gasteiger partial charge in [0.1, 0.15) is 0 Å². The van der Waals surface area contributed by atoms with Crippen molar-refractivity contribution in [2.24, 2.45) is 4.99 Å². The van der Waals surface area contributed by atoms with Crippen LogP contribution in [0, 0.1) is 0 Å². The number of hydrogen-bond acceptors (Lipinski definition) is 4. The van der Waals surface area contributed by atoms with Crippen LogP contribution in [0.25, 0.3) is 0 Å². The Morgan fingerprint density at radius 3 is 2.53 bits per heavy atom. The molecule has 0 aliphatic rings. The highest BCUT2D eigenvalue weighted by Gasteiger charge is 2.15. The van der Waals surface area contributed by atoms with E-state index in [1.54, 1.807) is 14.2 Å². The minimum atomic E-state index is 0.215. The molecule has 0 saturated heterocycles. The predicted molar refractivity (Wildman–Crippen MR) is 86.3 cm³/mol. The van der Waals surface area contributed by atoms with Crippen LogP contribution < -0.4 is 10.6 Å². The minimum Gasteiger partial charge on any atom is -0.383 e. The molecule has 0 rings (SSSR count). The van der Waals surface area contributed by atoms with Gasteiger partial charge in [-0.15, -0.1) is 0 Å². The number of nitrogens with one attached hydrogen (secondary N) is 2. The normalized spacial score (nSPS) is 12.9. The van der Waals surface area contributed by atoms with Crippen LogP contribution in [-0.2, 0) is 4.74 Å². The van der Waals surface area contributed by atoms with Crippen molar-refractivity contribution in [1.82, 2.24) is 15.5 Å². The lowest BCUT2D eigenvalue weighted by Crippen LogP contribution is -2.45. The van der Waals surface area contributed by atoms with Crippen molar-refractivity contribution >= 4 is 17.7 Å². The molecule has 0 spiro atoms. The van der Waals surface area contributed by atoms with Gasteiger partial charge in [-0.3, -0.25) is 4.99 Å². The van der Waals surface area contributed by atoms with Gasteiger partial charge in [-0.2, -0.15) is 11.8 Å². The van der Waals surface area contributed by atoms with Crippen LogP contribution in [0.1, 0.15) is 13.8 Å². The molecule has 0 heterocycles. The van der Waals surface area contributed by atoms with E-state index in [2.05, 4.69) is 47.7 Å². The Bertz CT molecular complexity index is 259. The summed E-state index contributed by atoms with van der Waals surface area (Å²) in [5, 5.41) is 6.67. The van der Waals surface area contributed by atoms with E-state index < -0.39 is 0 Å². The van der Waals surface area contributed by atoms with Crippen LogP contribution in [0.15, 0.2) is 4.99 Å². The molecule has 0 bridgehead atoms. The van der Waals surface area contributed by atoms with Crippen molar-refractivity contribution in [3.63, 3.8) is 0 Å². The third kappa shape index (κ3) is 10.0. The molecule has 5 nitrogen and oxygen atoms in total. The fraction of sp³-hybridized carbons (Fsp3) is 0.923. The van der Waals surface area contributed by atoms with Crippen LogP contribution in [-0.4, -0.2) is 75.9 Å². The second kappa shape index (κ2) is 10.3. The smallest absolute Gasteiger partial charge is 0.191 e. The van der Waals surface area contributed by atoms with Gasteiger partial charge in [0, 0.05) is 45.1 Å². The summed E-state index contributed by atoms with van der Waals surface area (Å²) in [5.41, 5.74) is 0. The van der Waals surface area contributed by atoms with Gasteiger partial charge < -0.3 is 20.3 Å². The van der Waals surface area contributed by atoms with Crippen LogP contribution >= 0.6 is 11.8 Å². The van der Waals surface area contributed by atoms with Crippen molar-refractivity contribution in [3.05, 3.63) is 0 Å². The van der Waals surface area contributed by atoms with Gasteiger partial charge in [0.15, 0.2) is 5.96 Å². The summed E-state index contributed by atoms with van der Waals surface area (Å²) in [4.78, 5) is 6.46. The van der Waals surface area contributed by atoms with E-state index in [-0.39, 0.29) is 4.75 Å². The second-order valence-corrected chi connectivity index (χ2v) is 6.63. The van der Waals surface area contributed by atoms with E-state index in [1.165, 1.54) is 0 Å². The van der Waals surface area contributed by atoms with Gasteiger partial charge in [-0.25, -0.2) is 0 Å². The molecule has 0 atom stereocenters. The first-order valence-electron chi connectivity index (χ1n) is 6.62. The highest BCUT2D eigenvalue weighted by molar-refractivity contribution is 7.99. The lowest BCUT2D eigenvalue weighted by atomic mass is 10.2. The minimum absolute atomic E-state index is 0.215. The quantitative estimate of drug-likeness (QED) is 0.487. The molecule has 0 saturated carbocycles. The molecule has 6 heteroatoms. The summed E-state index contributed by atoms with van der Waals surface area (Å²) in [5.74, 6) is 0.863. The number of guanidine groups is 1. The molecule has 0 radical (unpaired) electrons. The molecule has 0 aromatic carbocycles. The lowest BCUT2D eigenvalue weighted by Gasteiger charge is -2.24. The Morgan fingerprint density at radius 2 is 2.00 bits per heavy atom. The molecule has 114 valence electrons. The fourth-order valence-electron chi connectivity index (χ4n) is 1.31. The molecule has 0 aromatic rings. The van der Waals surface area contributed by atoms with Crippen molar-refractivity contribution in [1.29, 1.82) is 0 Å². The summed E-state index contributed by atoms with van der Waals surface area (Å²) >= 11 is 1.85. The molecule has 0 fully saturated rings. The zero-order chi connectivity index (χ0) is 14.7. The molecule has 0 amide bonds. The predicted octanol–water partition coefficient (Wildman–Crippen LogP) is 0.871. The average molecular weight is 290 g/mol. The topological polar surface area (TPSA) is 48.9 Å². The summed E-state index contributed by atoms with van der Waals surface area (Å²) in [6.07, 6.45) is 2.13. The van der Waals surface area contributed by atoms with E-state index in [0.29, 0.717) is 0 Å². The number of rotatable bonds is 9. The first-order chi connectivity index (χ1) is 8.95. The number of aliphatic imine (C=N–C) groups is 1. The summed E-state index contributed by atoms with van der Waals surface area (Å²) < 4.78 is 5.26. The van der Waals surface area contributed by atoms with Crippen LogP contribution in [0.2, 0.25) is 0 Å². The number of ether oxygens (including phenoxy) is 1. The molecule has 0 aliphatic carbocycles. The van der Waals surface area contributed by atoms with Crippen LogP contribution in [0.4, 0.5) is 0 Å². The maximum atomic E-state index is 5.05. The molecule has 0 aliphatic heterocycles. The number of methoxy groups -OCH3 is 1. The van der Waals surface area contributed by atoms with Gasteiger partial charge in [0.05, 0.1) is 6.61 Å². The second-order valence-electron chi connectivity index (χ2n) is 5.11. The Balaban J connectivity index is 3.83. The Morgan fingerprint density at radius 1 is 1.32 bits per heavy atom. The van der Waals surface area contributed by atoms with Crippen LogP contribution in [0.3, 0.4) is 0 Å². The zero-order valence-corrected chi connectivity index (χ0v) is 14.1. The standard InChI is InChI=1S/C13H30N4OS/c1-13(2,19-6)11-16-12(14-3)15-7-8-17(4)9-10-18-5/h7-11H2,1-6H3,(H2,14,15,16). The van der Waals surface area contributed by atoms with Gasteiger partial charge in [-0.1, -0.05) is 0 Å². The number of nitrogens with zero attached hydrogens (tertiary/aromatic N) is 2. The van der Waals surface area contributed by atoms with Crippen molar-refractivity contribution in [3.8, 4) is 0 Å². The third-order valence-electron chi connectivity index (χ3n) is 2.92. The highest BCUT2D eigenvalue weighted by atomic mass is 32.2. The average Bonchev–Trinajstić information content (AvgIpc) is 2.40. The van der Waals surface area contributed by atoms with Gasteiger partial charge in [0.25, 0.3) is 0 Å². The van der Waals surface area contributed by atoms with E-state index in [9.17, 15) is 0 Å². The van der Waals surface area contributed by atoms with Crippen molar-refractivity contribution < 1.29 is 4.74 Å². The third-order valence-corrected chi connectivity index (χ3v) is 4.17. The largest absolute Gasteiger partial charge is 0.383 e. The van der Waals surface area contributed by atoms with Crippen molar-refractivity contribution in [2.75, 3.05) is 60.2 Å². The van der Waals surface area contributed by atoms with Crippen molar-refractivity contribution in [2.45, 2.75) is 18.6 Å². The first kappa shape index (κ1) is 18.5. The molecule has 0 unspecified atom stereocenters. The maximum Gasteiger partial charge on any atom is 0.191 e. The highest BCUT2D eigenvalue weighted by Crippen LogP contribution is 2.19. The molecule has 19 heavy (non-hydrogen) atoms. The fourth-order valence-corrected chi connectivity index (χ4v) is 1.53. The number of hydrogen-bond donors (Lipinski definition) is 2. The Labute approximate surface area is 122 Å². The zero-order valence-electron chi connectivity index (χ0n) is 13.2. The molecular formula is C13H30N4OS. The summed E-state index contributed by atoms with van der Waals surface area (Å²) in [6.45, 7) is 8.89. The first-order valence-corrected chi connectivity index (χ1v) is 7.85. The molecule has 2 N–H and O–H groups in total. The molecule has 0 aromatic heterocycles. The monoisotopic (exact) mass is 290 g/mol. The van der Waals surface area contributed by atoms with E-state index in [4.69, 9.17) is 4.74 Å². The maximum absolute atomic E-state index is 5.05. The van der Waals surface area contributed by atoms with E-state index in [0.717, 1.165) is 38.7 Å². The van der Waals surface area contributed by atoms with Gasteiger partial charge in [0.2, 0.25) is 0 Å². The van der Waals surface area contributed by atoms with Gasteiger partial charge >= 0.3 is 0 Å². The number of likely N-dealkylation sites (N-methyl/N-ethyl adjacent to an activating group) is 1. The SMILES string of the molecule is CN=C(NCCN(C)CCOC)NCC(C)(C)SC. The number of thioether (sulfide) groups is 1. The van der Waals surface area contributed by atoms with Crippen LogP contribution in [0.5, 0.6) is 0 Å². The Kier molecular flexibility index (Phi) is 10.1. The summed E-state index contributed by atoms with van der Waals surface area (Å²) in [7, 11) is 5.62. The van der Waals surface area contributed by atoms with E-state index in [1.807, 2.05) is 11.8 Å².